The lowest BCUT2D eigenvalue weighted by Gasteiger charge is -2.21. The molecule has 2 rings (SSSR count). The molecule has 1 aromatic heterocycles. The number of aryl methyl sites for hydroxylation is 1. The summed E-state index contributed by atoms with van der Waals surface area (Å²) in [4.78, 5) is 0. The zero-order chi connectivity index (χ0) is 13.9. The fraction of sp³-hybridized carbons (Fsp3) is 0.467. The summed E-state index contributed by atoms with van der Waals surface area (Å²) >= 11 is 0. The van der Waals surface area contributed by atoms with Gasteiger partial charge in [-0.05, 0) is 25.5 Å². The molecular formula is C15H21NO3. The fourth-order valence-corrected chi connectivity index (χ4v) is 2.07. The van der Waals surface area contributed by atoms with Crippen LogP contribution in [0.4, 0.5) is 0 Å². The second kappa shape index (κ2) is 5.74. The molecule has 1 unspecified atom stereocenters. The third kappa shape index (κ3) is 3.15. The van der Waals surface area contributed by atoms with Crippen molar-refractivity contribution in [3.05, 3.63) is 35.6 Å². The molecule has 0 spiro atoms. The minimum absolute atomic E-state index is 0.426. The molecule has 1 aromatic carbocycles. The molecule has 19 heavy (non-hydrogen) atoms. The SMILES string of the molecule is COCCNCC(C)(O)c1cc2cccc(C)c2o1. The van der Waals surface area contributed by atoms with Gasteiger partial charge >= 0.3 is 0 Å². The number of methoxy groups -OCH3 is 1. The zero-order valence-corrected chi connectivity index (χ0v) is 11.7. The van der Waals surface area contributed by atoms with E-state index in [2.05, 4.69) is 5.32 Å². The highest BCUT2D eigenvalue weighted by atomic mass is 16.5. The van der Waals surface area contributed by atoms with Crippen molar-refractivity contribution >= 4 is 11.0 Å². The molecule has 2 N–H and O–H groups in total. The third-order valence-electron chi connectivity index (χ3n) is 3.22. The van der Waals surface area contributed by atoms with Crippen LogP contribution in [-0.4, -0.2) is 31.9 Å². The lowest BCUT2D eigenvalue weighted by molar-refractivity contribution is 0.0344. The fourth-order valence-electron chi connectivity index (χ4n) is 2.07. The van der Waals surface area contributed by atoms with E-state index >= 15 is 0 Å². The van der Waals surface area contributed by atoms with E-state index in [1.165, 1.54) is 0 Å². The Morgan fingerprint density at radius 1 is 1.42 bits per heavy atom. The second-order valence-corrected chi connectivity index (χ2v) is 5.05. The van der Waals surface area contributed by atoms with Gasteiger partial charge in [-0.25, -0.2) is 0 Å². The zero-order valence-electron chi connectivity index (χ0n) is 11.7. The Labute approximate surface area is 113 Å². The van der Waals surface area contributed by atoms with Crippen molar-refractivity contribution in [2.45, 2.75) is 19.4 Å². The van der Waals surface area contributed by atoms with E-state index in [0.717, 1.165) is 16.5 Å². The first-order chi connectivity index (χ1) is 9.04. The van der Waals surface area contributed by atoms with Gasteiger partial charge in [0.1, 0.15) is 16.9 Å². The summed E-state index contributed by atoms with van der Waals surface area (Å²) in [5, 5.41) is 14.6. The van der Waals surface area contributed by atoms with E-state index in [4.69, 9.17) is 9.15 Å². The van der Waals surface area contributed by atoms with Gasteiger partial charge in [0, 0.05) is 25.6 Å². The standard InChI is InChI=1S/C15H21NO3/c1-11-5-4-6-12-9-13(19-14(11)12)15(2,17)10-16-7-8-18-3/h4-6,9,16-17H,7-8,10H2,1-3H3. The molecule has 4 heteroatoms. The number of fused-ring (bicyclic) bond motifs is 1. The molecule has 1 atom stereocenters. The molecule has 0 aliphatic carbocycles. The maximum absolute atomic E-state index is 10.5. The largest absolute Gasteiger partial charge is 0.458 e. The van der Waals surface area contributed by atoms with Gasteiger partial charge in [-0.3, -0.25) is 0 Å². The van der Waals surface area contributed by atoms with Gasteiger partial charge in [-0.15, -0.1) is 0 Å². The van der Waals surface area contributed by atoms with E-state index in [0.29, 0.717) is 25.5 Å². The van der Waals surface area contributed by atoms with Crippen LogP contribution >= 0.6 is 0 Å². The van der Waals surface area contributed by atoms with Crippen LogP contribution in [0.1, 0.15) is 18.2 Å². The molecular weight excluding hydrogens is 242 g/mol. The number of nitrogens with one attached hydrogen (secondary N) is 1. The lowest BCUT2D eigenvalue weighted by atomic mass is 10.0. The van der Waals surface area contributed by atoms with Crippen molar-refractivity contribution in [3.63, 3.8) is 0 Å². The van der Waals surface area contributed by atoms with Crippen LogP contribution in [0.25, 0.3) is 11.0 Å². The Bertz CT molecular complexity index is 545. The number of benzene rings is 1. The lowest BCUT2D eigenvalue weighted by Crippen LogP contribution is -2.36. The summed E-state index contributed by atoms with van der Waals surface area (Å²) in [6.45, 7) is 5.50. The molecule has 0 amide bonds. The number of para-hydroxylation sites is 1. The highest BCUT2D eigenvalue weighted by molar-refractivity contribution is 5.81. The van der Waals surface area contributed by atoms with Gasteiger partial charge in [-0.2, -0.15) is 0 Å². The van der Waals surface area contributed by atoms with Gasteiger partial charge < -0.3 is 19.6 Å². The summed E-state index contributed by atoms with van der Waals surface area (Å²) in [5.41, 5.74) is 0.890. The van der Waals surface area contributed by atoms with E-state index in [1.807, 2.05) is 31.2 Å². The van der Waals surface area contributed by atoms with Crippen LogP contribution in [-0.2, 0) is 10.3 Å². The Hall–Kier alpha value is -1.36. The average molecular weight is 263 g/mol. The molecule has 0 fully saturated rings. The van der Waals surface area contributed by atoms with E-state index in [1.54, 1.807) is 14.0 Å². The first-order valence-corrected chi connectivity index (χ1v) is 6.46. The predicted octanol–water partition coefficient (Wildman–Crippen LogP) is 2.18. The highest BCUT2D eigenvalue weighted by Gasteiger charge is 2.27. The number of hydrogen-bond acceptors (Lipinski definition) is 4. The van der Waals surface area contributed by atoms with Crippen molar-refractivity contribution in [1.82, 2.24) is 5.32 Å². The van der Waals surface area contributed by atoms with E-state index < -0.39 is 5.60 Å². The van der Waals surface area contributed by atoms with Crippen molar-refractivity contribution < 1.29 is 14.3 Å². The van der Waals surface area contributed by atoms with Crippen molar-refractivity contribution in [1.29, 1.82) is 0 Å². The number of furan rings is 1. The van der Waals surface area contributed by atoms with Gasteiger partial charge in [0.05, 0.1) is 6.61 Å². The molecule has 0 saturated heterocycles. The number of aliphatic hydroxyl groups is 1. The van der Waals surface area contributed by atoms with Crippen LogP contribution in [0.15, 0.2) is 28.7 Å². The summed E-state index contributed by atoms with van der Waals surface area (Å²) in [6.07, 6.45) is 0. The quantitative estimate of drug-likeness (QED) is 0.784. The molecule has 0 bridgehead atoms. The molecule has 2 aromatic rings. The van der Waals surface area contributed by atoms with Crippen LogP contribution < -0.4 is 5.32 Å². The summed E-state index contributed by atoms with van der Waals surface area (Å²) in [5.74, 6) is 0.585. The maximum Gasteiger partial charge on any atom is 0.137 e. The summed E-state index contributed by atoms with van der Waals surface area (Å²) in [6, 6.07) is 7.88. The Kier molecular flexibility index (Phi) is 4.24. The summed E-state index contributed by atoms with van der Waals surface area (Å²) < 4.78 is 10.8. The van der Waals surface area contributed by atoms with Gasteiger partial charge in [0.15, 0.2) is 0 Å². The summed E-state index contributed by atoms with van der Waals surface area (Å²) in [7, 11) is 1.65. The Morgan fingerprint density at radius 3 is 2.89 bits per heavy atom. The smallest absolute Gasteiger partial charge is 0.137 e. The molecule has 0 aliphatic rings. The topological polar surface area (TPSA) is 54.6 Å². The molecule has 104 valence electrons. The monoisotopic (exact) mass is 263 g/mol. The van der Waals surface area contributed by atoms with Crippen molar-refractivity contribution in [2.75, 3.05) is 26.8 Å². The average Bonchev–Trinajstić information content (AvgIpc) is 2.81. The Balaban J connectivity index is 2.15. The van der Waals surface area contributed by atoms with Gasteiger partial charge in [-0.1, -0.05) is 18.2 Å². The number of rotatable bonds is 6. The van der Waals surface area contributed by atoms with E-state index in [9.17, 15) is 5.11 Å². The second-order valence-electron chi connectivity index (χ2n) is 5.05. The highest BCUT2D eigenvalue weighted by Crippen LogP contribution is 2.29. The van der Waals surface area contributed by atoms with Crippen LogP contribution in [0.2, 0.25) is 0 Å². The normalized spacial score (nSPS) is 14.7. The minimum atomic E-state index is -1.03. The van der Waals surface area contributed by atoms with Crippen LogP contribution in [0, 0.1) is 6.92 Å². The van der Waals surface area contributed by atoms with Crippen LogP contribution in [0.5, 0.6) is 0 Å². The molecule has 1 heterocycles. The van der Waals surface area contributed by atoms with Crippen molar-refractivity contribution in [2.24, 2.45) is 0 Å². The first kappa shape index (κ1) is 14.1. The molecule has 0 saturated carbocycles. The molecule has 0 radical (unpaired) electrons. The Morgan fingerprint density at radius 2 is 2.21 bits per heavy atom. The van der Waals surface area contributed by atoms with Crippen molar-refractivity contribution in [3.8, 4) is 0 Å². The maximum atomic E-state index is 10.5. The third-order valence-corrected chi connectivity index (χ3v) is 3.22. The number of hydrogen-bond donors (Lipinski definition) is 2. The minimum Gasteiger partial charge on any atom is -0.458 e. The van der Waals surface area contributed by atoms with Crippen LogP contribution in [0.3, 0.4) is 0 Å². The predicted molar refractivity (Wildman–Crippen MR) is 75.3 cm³/mol. The first-order valence-electron chi connectivity index (χ1n) is 6.46. The molecule has 4 nitrogen and oxygen atoms in total. The van der Waals surface area contributed by atoms with E-state index in [-0.39, 0.29) is 0 Å². The van der Waals surface area contributed by atoms with Gasteiger partial charge in [0.25, 0.3) is 0 Å². The number of ether oxygens (including phenoxy) is 1. The van der Waals surface area contributed by atoms with Gasteiger partial charge in [0.2, 0.25) is 0 Å². The molecule has 0 aliphatic heterocycles.